The van der Waals surface area contributed by atoms with Crippen LogP contribution in [0.3, 0.4) is 0 Å². The number of rotatable bonds is 14. The quantitative estimate of drug-likeness (QED) is 0.190. The number of ether oxygens (including phenoxy) is 1. The largest absolute Gasteiger partial charge is 0.495 e. The Morgan fingerprint density at radius 3 is 2.26 bits per heavy atom. The molecule has 2 amide bonds. The maximum absolute atomic E-state index is 14.1. The van der Waals surface area contributed by atoms with Crippen molar-refractivity contribution in [2.45, 2.75) is 70.0 Å². The Kier molecular flexibility index (Phi) is 13.0. The lowest BCUT2D eigenvalue weighted by Gasteiger charge is -2.34. The second-order valence-electron chi connectivity index (χ2n) is 11.6. The summed E-state index contributed by atoms with van der Waals surface area (Å²) in [6.07, 6.45) is 6.68. The molecule has 0 aliphatic heterocycles. The van der Waals surface area contributed by atoms with E-state index in [9.17, 15) is 18.0 Å². The summed E-state index contributed by atoms with van der Waals surface area (Å²) < 4.78 is 32.0. The van der Waals surface area contributed by atoms with Crippen molar-refractivity contribution in [2.75, 3.05) is 24.2 Å². The van der Waals surface area contributed by atoms with Gasteiger partial charge in [0.1, 0.15) is 11.8 Å². The molecule has 12 heteroatoms. The highest BCUT2D eigenvalue weighted by molar-refractivity contribution is 7.92. The van der Waals surface area contributed by atoms with Crippen LogP contribution in [0.1, 0.15) is 56.1 Å². The van der Waals surface area contributed by atoms with E-state index in [2.05, 4.69) is 5.32 Å². The van der Waals surface area contributed by atoms with Crippen molar-refractivity contribution in [3.05, 3.63) is 92.9 Å². The number of benzene rings is 3. The number of nitrogens with one attached hydrogen (secondary N) is 1. The van der Waals surface area contributed by atoms with Crippen molar-refractivity contribution in [1.29, 1.82) is 0 Å². The molecule has 0 bridgehead atoms. The van der Waals surface area contributed by atoms with Crippen molar-refractivity contribution in [1.82, 2.24) is 10.2 Å². The van der Waals surface area contributed by atoms with Gasteiger partial charge in [-0.1, -0.05) is 90.5 Å². The molecule has 1 unspecified atom stereocenters. The summed E-state index contributed by atoms with van der Waals surface area (Å²) >= 11 is 18.8. The van der Waals surface area contributed by atoms with Crippen LogP contribution in [-0.4, -0.2) is 57.1 Å². The van der Waals surface area contributed by atoms with Gasteiger partial charge in [-0.2, -0.15) is 0 Å². The van der Waals surface area contributed by atoms with Crippen LogP contribution in [-0.2, 0) is 32.6 Å². The van der Waals surface area contributed by atoms with Crippen LogP contribution in [0, 0.1) is 0 Å². The molecule has 0 saturated heterocycles. The SMILES string of the molecule is COc1ccc(N(CCCC(=O)N(Cc2ccc(Cl)c(Cl)c2)C(Cc2ccccc2)C(=O)NC2CCCCC2)S(C)(=O)=O)cc1Cl. The first kappa shape index (κ1) is 35.9. The van der Waals surface area contributed by atoms with E-state index in [0.29, 0.717) is 27.9 Å². The number of halogens is 3. The Labute approximate surface area is 287 Å². The first-order valence-corrected chi connectivity index (χ1v) is 18.3. The fraction of sp³-hybridized carbons (Fsp3) is 0.412. The van der Waals surface area contributed by atoms with Crippen LogP contribution >= 0.6 is 34.8 Å². The summed E-state index contributed by atoms with van der Waals surface area (Å²) in [6, 6.07) is 18.7. The van der Waals surface area contributed by atoms with Crippen LogP contribution in [0.2, 0.25) is 15.1 Å². The molecule has 3 aromatic carbocycles. The summed E-state index contributed by atoms with van der Waals surface area (Å²) in [6.45, 7) is 0.153. The normalized spacial score (nSPS) is 14.4. The molecular formula is C34H40Cl3N3O5S. The molecule has 1 fully saturated rings. The summed E-state index contributed by atoms with van der Waals surface area (Å²) in [5.74, 6) is -0.0789. The number of sulfonamides is 1. The fourth-order valence-electron chi connectivity index (χ4n) is 5.75. The van der Waals surface area contributed by atoms with Crippen LogP contribution in [0.5, 0.6) is 5.75 Å². The molecule has 1 N–H and O–H groups in total. The lowest BCUT2D eigenvalue weighted by atomic mass is 9.94. The number of hydrogen-bond donors (Lipinski definition) is 1. The third-order valence-corrected chi connectivity index (χ3v) is 10.4. The maximum Gasteiger partial charge on any atom is 0.243 e. The van der Waals surface area contributed by atoms with E-state index in [1.807, 2.05) is 30.3 Å². The highest BCUT2D eigenvalue weighted by Gasteiger charge is 2.32. The number of anilines is 1. The van der Waals surface area contributed by atoms with E-state index < -0.39 is 16.1 Å². The lowest BCUT2D eigenvalue weighted by molar-refractivity contribution is -0.141. The first-order valence-electron chi connectivity index (χ1n) is 15.3. The van der Waals surface area contributed by atoms with Gasteiger partial charge in [-0.25, -0.2) is 8.42 Å². The molecule has 0 radical (unpaired) electrons. The van der Waals surface area contributed by atoms with Gasteiger partial charge in [-0.3, -0.25) is 13.9 Å². The van der Waals surface area contributed by atoms with Gasteiger partial charge in [0.15, 0.2) is 0 Å². The monoisotopic (exact) mass is 707 g/mol. The van der Waals surface area contributed by atoms with E-state index in [1.54, 1.807) is 35.2 Å². The van der Waals surface area contributed by atoms with E-state index >= 15 is 0 Å². The third kappa shape index (κ3) is 10.0. The van der Waals surface area contributed by atoms with Crippen molar-refractivity contribution >= 4 is 62.3 Å². The molecule has 0 spiro atoms. The third-order valence-electron chi connectivity index (χ3n) is 8.14. The van der Waals surface area contributed by atoms with Crippen molar-refractivity contribution in [3.8, 4) is 5.75 Å². The molecule has 46 heavy (non-hydrogen) atoms. The maximum atomic E-state index is 14.1. The van der Waals surface area contributed by atoms with E-state index in [0.717, 1.165) is 49.5 Å². The highest BCUT2D eigenvalue weighted by Crippen LogP contribution is 2.31. The van der Waals surface area contributed by atoms with E-state index in [1.165, 1.54) is 17.5 Å². The molecule has 1 atom stereocenters. The standard InChI is InChI=1S/C34H40Cl3N3O5S/c1-45-32-18-16-27(22-30(32)37)40(46(2,43)44)19-9-14-33(41)39(23-25-15-17-28(35)29(36)20-25)31(21-24-10-5-3-6-11-24)34(42)38-26-12-7-4-8-13-26/h3,5-6,10-11,15-18,20,22,26,31H,4,7-9,12-14,19,21,23H2,1-2H3,(H,38,42). The Morgan fingerprint density at radius 2 is 1.63 bits per heavy atom. The smallest absolute Gasteiger partial charge is 0.243 e. The molecule has 1 saturated carbocycles. The van der Waals surface area contributed by atoms with Crippen LogP contribution in [0.15, 0.2) is 66.7 Å². The van der Waals surface area contributed by atoms with Crippen LogP contribution in [0.4, 0.5) is 5.69 Å². The second-order valence-corrected chi connectivity index (χ2v) is 14.7. The van der Waals surface area contributed by atoms with Crippen molar-refractivity contribution in [3.63, 3.8) is 0 Å². The average molecular weight is 709 g/mol. The predicted octanol–water partition coefficient (Wildman–Crippen LogP) is 7.29. The number of nitrogens with zero attached hydrogens (tertiary/aromatic N) is 2. The van der Waals surface area contributed by atoms with Gasteiger partial charge in [-0.15, -0.1) is 0 Å². The second kappa shape index (κ2) is 16.7. The molecule has 1 aliphatic carbocycles. The minimum absolute atomic E-state index is 0.000767. The Balaban J connectivity index is 1.61. The van der Waals surface area contributed by atoms with Crippen molar-refractivity contribution in [2.24, 2.45) is 0 Å². The van der Waals surface area contributed by atoms with Gasteiger partial charge in [0.25, 0.3) is 0 Å². The molecule has 4 rings (SSSR count). The number of amides is 2. The zero-order valence-corrected chi connectivity index (χ0v) is 29.1. The molecule has 248 valence electrons. The van der Waals surface area contributed by atoms with E-state index in [4.69, 9.17) is 39.5 Å². The fourth-order valence-corrected chi connectivity index (χ4v) is 7.28. The van der Waals surface area contributed by atoms with Gasteiger partial charge in [0.05, 0.1) is 34.1 Å². The number of carbonyl (C=O) groups excluding carboxylic acids is 2. The van der Waals surface area contributed by atoms with Gasteiger partial charge < -0.3 is 15.0 Å². The van der Waals surface area contributed by atoms with Crippen molar-refractivity contribution < 1.29 is 22.7 Å². The minimum atomic E-state index is -3.70. The summed E-state index contributed by atoms with van der Waals surface area (Å²) in [5.41, 5.74) is 2.00. The highest BCUT2D eigenvalue weighted by atomic mass is 35.5. The number of hydrogen-bond acceptors (Lipinski definition) is 5. The van der Waals surface area contributed by atoms with Gasteiger partial charge in [0.2, 0.25) is 21.8 Å². The summed E-state index contributed by atoms with van der Waals surface area (Å²) in [4.78, 5) is 29.7. The molecule has 0 aromatic heterocycles. The Hall–Kier alpha value is -2.98. The molecule has 3 aromatic rings. The van der Waals surface area contributed by atoms with Crippen LogP contribution in [0.25, 0.3) is 0 Å². The zero-order valence-electron chi connectivity index (χ0n) is 26.1. The topological polar surface area (TPSA) is 96.0 Å². The lowest BCUT2D eigenvalue weighted by Crippen LogP contribution is -2.52. The van der Waals surface area contributed by atoms with Gasteiger partial charge in [0, 0.05) is 32.0 Å². The average Bonchev–Trinajstić information content (AvgIpc) is 3.03. The number of carbonyl (C=O) groups is 2. The summed E-state index contributed by atoms with van der Waals surface area (Å²) in [7, 11) is -2.22. The molecule has 8 nitrogen and oxygen atoms in total. The van der Waals surface area contributed by atoms with Gasteiger partial charge in [-0.05, 0) is 60.7 Å². The van der Waals surface area contributed by atoms with Gasteiger partial charge >= 0.3 is 0 Å². The zero-order chi connectivity index (χ0) is 33.3. The first-order chi connectivity index (χ1) is 22.0. The molecule has 1 aliphatic rings. The molecule has 0 heterocycles. The summed E-state index contributed by atoms with van der Waals surface area (Å²) in [5, 5.41) is 4.22. The molecular weight excluding hydrogens is 669 g/mol. The Morgan fingerprint density at radius 1 is 0.913 bits per heavy atom. The Bertz CT molecular complexity index is 1600. The predicted molar refractivity (Wildman–Crippen MR) is 185 cm³/mol. The van der Waals surface area contributed by atoms with Crippen LogP contribution < -0.4 is 14.4 Å². The minimum Gasteiger partial charge on any atom is -0.495 e. The number of methoxy groups -OCH3 is 1. The van der Waals surface area contributed by atoms with E-state index in [-0.39, 0.29) is 48.8 Å².